The van der Waals surface area contributed by atoms with Crippen LogP contribution in [0.4, 0.5) is 15.1 Å². The number of allylic oxidation sites excluding steroid dienone is 1. The van der Waals surface area contributed by atoms with E-state index in [0.29, 0.717) is 41.3 Å². The number of carbonyl (C=O) groups excluding carboxylic acids is 2. The highest BCUT2D eigenvalue weighted by Crippen LogP contribution is 2.27. The highest BCUT2D eigenvalue weighted by Gasteiger charge is 2.22. The molecule has 0 aliphatic heterocycles. The SMILES string of the molecule is C/C(=C/c1ccnc(NC2CCC(NCc3ccc(F)cc3-c3ccco3)CC2)n1)SC(=O)NC=O. The van der Waals surface area contributed by atoms with Crippen molar-refractivity contribution in [2.45, 2.75) is 51.2 Å². The maximum atomic E-state index is 13.8. The van der Waals surface area contributed by atoms with Gasteiger partial charge < -0.3 is 15.1 Å². The fraction of sp³-hybridized carbons (Fsp3) is 0.308. The molecule has 0 saturated heterocycles. The van der Waals surface area contributed by atoms with Crippen molar-refractivity contribution in [1.29, 1.82) is 0 Å². The molecule has 1 aliphatic carbocycles. The highest BCUT2D eigenvalue weighted by molar-refractivity contribution is 8.17. The summed E-state index contributed by atoms with van der Waals surface area (Å²) >= 11 is 0.933. The number of rotatable bonds is 9. The van der Waals surface area contributed by atoms with Gasteiger partial charge in [-0.3, -0.25) is 14.9 Å². The van der Waals surface area contributed by atoms with Gasteiger partial charge in [-0.05, 0) is 91.2 Å². The number of furan rings is 1. The van der Waals surface area contributed by atoms with Crippen LogP contribution in [0.2, 0.25) is 0 Å². The molecule has 0 bridgehead atoms. The molecule has 1 saturated carbocycles. The molecule has 2 heterocycles. The van der Waals surface area contributed by atoms with Gasteiger partial charge in [0.1, 0.15) is 11.6 Å². The second-order valence-electron chi connectivity index (χ2n) is 8.56. The molecule has 2 amide bonds. The number of aromatic nitrogens is 2. The number of imide groups is 1. The molecule has 0 spiro atoms. The largest absolute Gasteiger partial charge is 0.464 e. The van der Waals surface area contributed by atoms with E-state index in [0.717, 1.165) is 48.6 Å². The second kappa shape index (κ2) is 12.5. The zero-order valence-electron chi connectivity index (χ0n) is 19.9. The lowest BCUT2D eigenvalue weighted by molar-refractivity contribution is -0.108. The molecular formula is C26H28FN5O3S. The van der Waals surface area contributed by atoms with Crippen molar-refractivity contribution < 1.29 is 18.4 Å². The minimum Gasteiger partial charge on any atom is -0.464 e. The van der Waals surface area contributed by atoms with Crippen LogP contribution in [-0.2, 0) is 11.3 Å². The van der Waals surface area contributed by atoms with Gasteiger partial charge in [0.2, 0.25) is 12.4 Å². The molecule has 0 unspecified atom stereocenters. The summed E-state index contributed by atoms with van der Waals surface area (Å²) in [4.78, 5) is 31.5. The van der Waals surface area contributed by atoms with E-state index in [-0.39, 0.29) is 11.9 Å². The van der Waals surface area contributed by atoms with Gasteiger partial charge in [0.15, 0.2) is 0 Å². The van der Waals surface area contributed by atoms with E-state index in [2.05, 4.69) is 25.9 Å². The lowest BCUT2D eigenvalue weighted by Crippen LogP contribution is -2.37. The maximum absolute atomic E-state index is 13.8. The molecule has 1 aromatic carbocycles. The minimum atomic E-state index is -0.437. The van der Waals surface area contributed by atoms with Gasteiger partial charge in [-0.25, -0.2) is 14.4 Å². The predicted octanol–water partition coefficient (Wildman–Crippen LogP) is 5.35. The van der Waals surface area contributed by atoms with Gasteiger partial charge in [0.25, 0.3) is 5.24 Å². The molecule has 188 valence electrons. The van der Waals surface area contributed by atoms with Crippen molar-refractivity contribution in [2.24, 2.45) is 0 Å². The van der Waals surface area contributed by atoms with E-state index in [4.69, 9.17) is 4.42 Å². The normalized spacial score (nSPS) is 18.0. The Bertz CT molecular complexity index is 1210. The molecule has 0 atom stereocenters. The predicted molar refractivity (Wildman–Crippen MR) is 138 cm³/mol. The van der Waals surface area contributed by atoms with Crippen LogP contribution in [-0.4, -0.2) is 33.7 Å². The lowest BCUT2D eigenvalue weighted by Gasteiger charge is -2.30. The van der Waals surface area contributed by atoms with Crippen molar-refractivity contribution in [2.75, 3.05) is 5.32 Å². The summed E-state index contributed by atoms with van der Waals surface area (Å²) in [5.74, 6) is 0.926. The summed E-state index contributed by atoms with van der Waals surface area (Å²) in [7, 11) is 0. The molecule has 1 fully saturated rings. The van der Waals surface area contributed by atoms with Crippen LogP contribution in [0.25, 0.3) is 17.4 Å². The number of anilines is 1. The number of carbonyl (C=O) groups is 2. The Labute approximate surface area is 213 Å². The summed E-state index contributed by atoms with van der Waals surface area (Å²) < 4.78 is 19.3. The molecule has 4 rings (SSSR count). The first kappa shape index (κ1) is 25.6. The molecule has 1 aliphatic rings. The first-order valence-electron chi connectivity index (χ1n) is 11.8. The smallest absolute Gasteiger partial charge is 0.289 e. The Morgan fingerprint density at radius 1 is 1.19 bits per heavy atom. The van der Waals surface area contributed by atoms with Crippen LogP contribution in [0.5, 0.6) is 0 Å². The number of amides is 2. The van der Waals surface area contributed by atoms with Crippen LogP contribution in [0.1, 0.15) is 43.9 Å². The average molecular weight is 510 g/mol. The topological polar surface area (TPSA) is 109 Å². The Morgan fingerprint density at radius 3 is 2.75 bits per heavy atom. The Morgan fingerprint density at radius 2 is 2.00 bits per heavy atom. The monoisotopic (exact) mass is 509 g/mol. The van der Waals surface area contributed by atoms with Gasteiger partial charge in [0.05, 0.1) is 12.0 Å². The first-order chi connectivity index (χ1) is 17.5. The van der Waals surface area contributed by atoms with Crippen LogP contribution in [0, 0.1) is 5.82 Å². The number of hydrogen-bond donors (Lipinski definition) is 3. The maximum Gasteiger partial charge on any atom is 0.289 e. The van der Waals surface area contributed by atoms with Gasteiger partial charge in [0, 0.05) is 30.4 Å². The van der Waals surface area contributed by atoms with E-state index in [9.17, 15) is 14.0 Å². The van der Waals surface area contributed by atoms with Crippen LogP contribution >= 0.6 is 11.8 Å². The number of halogens is 1. The van der Waals surface area contributed by atoms with Gasteiger partial charge in [-0.2, -0.15) is 0 Å². The van der Waals surface area contributed by atoms with Crippen molar-refractivity contribution in [3.8, 4) is 11.3 Å². The fourth-order valence-corrected chi connectivity index (χ4v) is 4.81. The molecule has 0 radical (unpaired) electrons. The number of hydrogen-bond acceptors (Lipinski definition) is 8. The third kappa shape index (κ3) is 7.25. The molecule has 2 aromatic heterocycles. The summed E-state index contributed by atoms with van der Waals surface area (Å²) in [6, 6.07) is 10.8. The molecular weight excluding hydrogens is 481 g/mol. The summed E-state index contributed by atoms with van der Waals surface area (Å²) in [5.41, 5.74) is 2.45. The van der Waals surface area contributed by atoms with E-state index in [1.54, 1.807) is 43.7 Å². The average Bonchev–Trinajstić information content (AvgIpc) is 3.39. The first-order valence-corrected chi connectivity index (χ1v) is 12.6. The van der Waals surface area contributed by atoms with E-state index >= 15 is 0 Å². The minimum absolute atomic E-state index is 0.264. The number of thioether (sulfide) groups is 1. The number of benzene rings is 1. The van der Waals surface area contributed by atoms with Crippen molar-refractivity contribution in [3.63, 3.8) is 0 Å². The highest BCUT2D eigenvalue weighted by atomic mass is 32.2. The van der Waals surface area contributed by atoms with Crippen LogP contribution in [0.15, 0.2) is 58.2 Å². The van der Waals surface area contributed by atoms with Crippen LogP contribution in [0.3, 0.4) is 0 Å². The fourth-order valence-electron chi connectivity index (χ4n) is 4.23. The standard InChI is InChI=1S/C26H28FN5O3S/c1-17(36-26(34)30-16-33)13-22-10-11-28-25(32-22)31-21-8-6-20(7-9-21)29-15-18-4-5-19(27)14-23(18)24-3-2-12-35-24/h2-5,10-14,16,20-21,29H,6-9,15H2,1H3,(H,28,31,32)(H,30,33,34)/b17-13-. The lowest BCUT2D eigenvalue weighted by atomic mass is 9.91. The van der Waals surface area contributed by atoms with Crippen molar-refractivity contribution >= 4 is 35.4 Å². The van der Waals surface area contributed by atoms with E-state index in [1.165, 1.54) is 12.1 Å². The third-order valence-electron chi connectivity index (χ3n) is 5.96. The zero-order valence-corrected chi connectivity index (χ0v) is 20.7. The number of nitrogens with zero attached hydrogens (tertiary/aromatic N) is 2. The molecule has 10 heteroatoms. The Kier molecular flexibility index (Phi) is 8.85. The third-order valence-corrected chi connectivity index (χ3v) is 6.70. The summed E-state index contributed by atoms with van der Waals surface area (Å²) in [5, 5.41) is 8.69. The quantitative estimate of drug-likeness (QED) is 0.331. The zero-order chi connectivity index (χ0) is 25.3. The van der Waals surface area contributed by atoms with Gasteiger partial charge in [-0.1, -0.05) is 6.07 Å². The van der Waals surface area contributed by atoms with Gasteiger partial charge in [-0.15, -0.1) is 0 Å². The Balaban J connectivity index is 1.27. The van der Waals surface area contributed by atoms with Crippen molar-refractivity contribution in [1.82, 2.24) is 20.6 Å². The van der Waals surface area contributed by atoms with E-state index < -0.39 is 5.24 Å². The second-order valence-corrected chi connectivity index (χ2v) is 9.78. The molecule has 8 nitrogen and oxygen atoms in total. The number of nitrogens with one attached hydrogen (secondary N) is 3. The molecule has 36 heavy (non-hydrogen) atoms. The summed E-state index contributed by atoms with van der Waals surface area (Å²) in [6.45, 7) is 2.42. The van der Waals surface area contributed by atoms with Crippen LogP contribution < -0.4 is 16.0 Å². The molecule has 3 N–H and O–H groups in total. The Hall–Kier alpha value is -3.50. The summed E-state index contributed by atoms with van der Waals surface area (Å²) in [6.07, 6.45) is 9.34. The van der Waals surface area contributed by atoms with Gasteiger partial charge >= 0.3 is 0 Å². The van der Waals surface area contributed by atoms with E-state index in [1.807, 2.05) is 6.07 Å². The van der Waals surface area contributed by atoms with Crippen molar-refractivity contribution in [3.05, 3.63) is 70.8 Å². The molecule has 3 aromatic rings.